The highest BCUT2D eigenvalue weighted by Gasteiger charge is 2.02. The summed E-state index contributed by atoms with van der Waals surface area (Å²) in [7, 11) is 1.64. The van der Waals surface area contributed by atoms with Gasteiger partial charge in [-0.3, -0.25) is 0 Å². The summed E-state index contributed by atoms with van der Waals surface area (Å²) in [6.45, 7) is 2.01. The molecular weight excluding hydrogens is 274 g/mol. The predicted molar refractivity (Wildman–Crippen MR) is 55.5 cm³/mol. The van der Waals surface area contributed by atoms with Crippen LogP contribution >= 0.6 is 34.2 Å². The molecule has 0 amide bonds. The van der Waals surface area contributed by atoms with Crippen molar-refractivity contribution in [2.45, 2.75) is 6.92 Å². The molecule has 1 nitrogen and oxygen atoms in total. The summed E-state index contributed by atoms with van der Waals surface area (Å²) in [5.41, 5.74) is 1.15. The van der Waals surface area contributed by atoms with Gasteiger partial charge in [-0.15, -0.1) is 0 Å². The van der Waals surface area contributed by atoms with Crippen LogP contribution in [-0.4, -0.2) is 7.11 Å². The van der Waals surface area contributed by atoms with Crippen molar-refractivity contribution in [1.82, 2.24) is 0 Å². The van der Waals surface area contributed by atoms with Crippen LogP contribution in [0.25, 0.3) is 0 Å². The fraction of sp³-hybridized carbons (Fsp3) is 0.250. The van der Waals surface area contributed by atoms with Gasteiger partial charge >= 0.3 is 0 Å². The number of hydrogen-bond acceptors (Lipinski definition) is 1. The summed E-state index contributed by atoms with van der Waals surface area (Å²) >= 11 is 8.12. The Hall–Kier alpha value is 0.0400. The van der Waals surface area contributed by atoms with Crippen LogP contribution in [0.1, 0.15) is 5.56 Å². The summed E-state index contributed by atoms with van der Waals surface area (Å²) in [6.07, 6.45) is 0. The summed E-state index contributed by atoms with van der Waals surface area (Å²) in [5.74, 6) is 0.813. The highest BCUT2D eigenvalue weighted by molar-refractivity contribution is 14.1. The molecular formula is C8H8ClIO. The van der Waals surface area contributed by atoms with E-state index in [-0.39, 0.29) is 0 Å². The SMILES string of the molecule is COc1cc(C)c(I)c(Cl)c1. The van der Waals surface area contributed by atoms with Crippen LogP contribution < -0.4 is 4.74 Å². The van der Waals surface area contributed by atoms with E-state index in [1.807, 2.05) is 19.1 Å². The molecule has 0 aliphatic heterocycles. The lowest BCUT2D eigenvalue weighted by molar-refractivity contribution is 0.414. The van der Waals surface area contributed by atoms with Gasteiger partial charge in [0, 0.05) is 3.57 Å². The Kier molecular flexibility index (Phi) is 3.01. The molecule has 0 radical (unpaired) electrons. The van der Waals surface area contributed by atoms with E-state index >= 15 is 0 Å². The number of aryl methyl sites for hydroxylation is 1. The van der Waals surface area contributed by atoms with E-state index in [4.69, 9.17) is 16.3 Å². The van der Waals surface area contributed by atoms with Gasteiger partial charge < -0.3 is 4.74 Å². The Balaban J connectivity index is 3.21. The number of halogens is 2. The minimum atomic E-state index is 0.752. The highest BCUT2D eigenvalue weighted by Crippen LogP contribution is 2.27. The topological polar surface area (TPSA) is 9.23 Å². The average Bonchev–Trinajstić information content (AvgIpc) is 1.99. The number of methoxy groups -OCH3 is 1. The Bertz CT molecular complexity index is 250. The van der Waals surface area contributed by atoms with Crippen molar-refractivity contribution in [2.24, 2.45) is 0 Å². The molecule has 0 N–H and O–H groups in total. The van der Waals surface area contributed by atoms with E-state index in [2.05, 4.69) is 22.6 Å². The van der Waals surface area contributed by atoms with Gasteiger partial charge in [-0.05, 0) is 47.2 Å². The summed E-state index contributed by atoms with van der Waals surface area (Å²) in [5, 5.41) is 0.752. The lowest BCUT2D eigenvalue weighted by atomic mass is 10.2. The second kappa shape index (κ2) is 3.63. The van der Waals surface area contributed by atoms with Gasteiger partial charge in [0.2, 0.25) is 0 Å². The fourth-order valence-corrected chi connectivity index (χ4v) is 1.38. The van der Waals surface area contributed by atoms with Crippen molar-refractivity contribution < 1.29 is 4.74 Å². The van der Waals surface area contributed by atoms with Crippen LogP contribution in [-0.2, 0) is 0 Å². The molecule has 0 bridgehead atoms. The van der Waals surface area contributed by atoms with E-state index in [1.54, 1.807) is 7.11 Å². The molecule has 0 saturated heterocycles. The van der Waals surface area contributed by atoms with Crippen molar-refractivity contribution in [3.63, 3.8) is 0 Å². The predicted octanol–water partition coefficient (Wildman–Crippen LogP) is 3.26. The first kappa shape index (κ1) is 9.13. The smallest absolute Gasteiger partial charge is 0.120 e. The van der Waals surface area contributed by atoms with Crippen molar-refractivity contribution in [3.8, 4) is 5.75 Å². The molecule has 0 spiro atoms. The molecule has 3 heteroatoms. The van der Waals surface area contributed by atoms with Crippen molar-refractivity contribution >= 4 is 34.2 Å². The second-order valence-corrected chi connectivity index (χ2v) is 3.73. The van der Waals surface area contributed by atoms with Gasteiger partial charge in [0.15, 0.2) is 0 Å². The standard InChI is InChI=1S/C8H8ClIO/c1-5-3-6(11-2)4-7(9)8(5)10/h3-4H,1-2H3. The molecule has 1 rings (SSSR count). The van der Waals surface area contributed by atoms with E-state index in [0.29, 0.717) is 0 Å². The van der Waals surface area contributed by atoms with E-state index in [0.717, 1.165) is 19.9 Å². The molecule has 60 valence electrons. The molecule has 1 aromatic rings. The lowest BCUT2D eigenvalue weighted by Gasteiger charge is -2.04. The maximum atomic E-state index is 5.91. The van der Waals surface area contributed by atoms with Gasteiger partial charge in [-0.2, -0.15) is 0 Å². The van der Waals surface area contributed by atoms with E-state index < -0.39 is 0 Å². The zero-order valence-electron chi connectivity index (χ0n) is 6.32. The van der Waals surface area contributed by atoms with Gasteiger partial charge in [-0.1, -0.05) is 11.6 Å². The minimum Gasteiger partial charge on any atom is -0.497 e. The first-order chi connectivity index (χ1) is 5.15. The Labute approximate surface area is 84.8 Å². The Morgan fingerprint density at radius 1 is 1.45 bits per heavy atom. The monoisotopic (exact) mass is 282 g/mol. The number of ether oxygens (including phenoxy) is 1. The highest BCUT2D eigenvalue weighted by atomic mass is 127. The first-order valence-electron chi connectivity index (χ1n) is 3.15. The van der Waals surface area contributed by atoms with Crippen molar-refractivity contribution in [3.05, 3.63) is 26.3 Å². The first-order valence-corrected chi connectivity index (χ1v) is 4.60. The molecule has 1 aromatic carbocycles. The third kappa shape index (κ3) is 1.99. The maximum Gasteiger partial charge on any atom is 0.120 e. The van der Waals surface area contributed by atoms with Crippen LogP contribution in [0.2, 0.25) is 5.02 Å². The van der Waals surface area contributed by atoms with Gasteiger partial charge in [-0.25, -0.2) is 0 Å². The van der Waals surface area contributed by atoms with E-state index in [1.165, 1.54) is 0 Å². The molecule has 0 aliphatic carbocycles. The van der Waals surface area contributed by atoms with Crippen LogP contribution in [0, 0.1) is 10.5 Å². The Morgan fingerprint density at radius 2 is 2.09 bits per heavy atom. The Morgan fingerprint density at radius 3 is 2.55 bits per heavy atom. The number of hydrogen-bond donors (Lipinski definition) is 0. The van der Waals surface area contributed by atoms with Gasteiger partial charge in [0.1, 0.15) is 5.75 Å². The van der Waals surface area contributed by atoms with Crippen molar-refractivity contribution in [2.75, 3.05) is 7.11 Å². The number of benzene rings is 1. The number of rotatable bonds is 1. The van der Waals surface area contributed by atoms with Gasteiger partial charge in [0.25, 0.3) is 0 Å². The molecule has 0 aliphatic rings. The third-order valence-corrected chi connectivity index (χ3v) is 3.47. The molecule has 0 fully saturated rings. The lowest BCUT2D eigenvalue weighted by Crippen LogP contribution is -1.87. The van der Waals surface area contributed by atoms with Gasteiger partial charge in [0.05, 0.1) is 12.1 Å². The maximum absolute atomic E-state index is 5.91. The van der Waals surface area contributed by atoms with Crippen molar-refractivity contribution in [1.29, 1.82) is 0 Å². The summed E-state index contributed by atoms with van der Waals surface area (Å²) < 4.78 is 6.13. The molecule has 0 aromatic heterocycles. The van der Waals surface area contributed by atoms with Crippen LogP contribution in [0.15, 0.2) is 12.1 Å². The molecule has 0 saturated carbocycles. The normalized spacial score (nSPS) is 9.82. The molecule has 0 heterocycles. The van der Waals surface area contributed by atoms with Crippen LogP contribution in [0.4, 0.5) is 0 Å². The molecule has 0 unspecified atom stereocenters. The zero-order valence-corrected chi connectivity index (χ0v) is 9.23. The largest absolute Gasteiger partial charge is 0.497 e. The zero-order chi connectivity index (χ0) is 8.43. The minimum absolute atomic E-state index is 0.752. The van der Waals surface area contributed by atoms with Crippen LogP contribution in [0.5, 0.6) is 5.75 Å². The summed E-state index contributed by atoms with van der Waals surface area (Å²) in [6, 6.07) is 3.78. The average molecular weight is 283 g/mol. The molecule has 11 heavy (non-hydrogen) atoms. The second-order valence-electron chi connectivity index (χ2n) is 2.24. The van der Waals surface area contributed by atoms with Crippen LogP contribution in [0.3, 0.4) is 0 Å². The molecule has 0 atom stereocenters. The van der Waals surface area contributed by atoms with E-state index in [9.17, 15) is 0 Å². The fourth-order valence-electron chi connectivity index (χ4n) is 0.813. The third-order valence-electron chi connectivity index (χ3n) is 1.42. The summed E-state index contributed by atoms with van der Waals surface area (Å²) in [4.78, 5) is 0. The quantitative estimate of drug-likeness (QED) is 0.718.